The van der Waals surface area contributed by atoms with E-state index in [1.807, 2.05) is 42.5 Å². The second-order valence-corrected chi connectivity index (χ2v) is 8.52. The van der Waals surface area contributed by atoms with Crippen LogP contribution in [0.15, 0.2) is 40.8 Å². The molecule has 1 N–H and O–H groups in total. The Labute approximate surface area is 175 Å². The van der Waals surface area contributed by atoms with Gasteiger partial charge in [-0.15, -0.1) is 11.8 Å². The van der Waals surface area contributed by atoms with Gasteiger partial charge in [-0.05, 0) is 39.7 Å². The Kier molecular flexibility index (Phi) is 9.24. The zero-order valence-electron chi connectivity index (χ0n) is 17.2. The molecule has 154 valence electrons. The molecule has 0 bridgehead atoms. The number of benzene rings is 1. The van der Waals surface area contributed by atoms with Gasteiger partial charge in [-0.3, -0.25) is 4.79 Å². The minimum absolute atomic E-state index is 0.178. The molecule has 2 atom stereocenters. The predicted octanol–water partition coefficient (Wildman–Crippen LogP) is 3.72. The van der Waals surface area contributed by atoms with Gasteiger partial charge in [-0.2, -0.15) is 10.5 Å². The average molecular weight is 416 g/mol. The number of nitriles is 2. The lowest BCUT2D eigenvalue weighted by molar-refractivity contribution is -0.139. The molecule has 1 aromatic rings. The van der Waals surface area contributed by atoms with Gasteiger partial charge in [0.1, 0.15) is 28.6 Å². The first-order chi connectivity index (χ1) is 13.6. The molecule has 0 fully saturated rings. The van der Waals surface area contributed by atoms with Gasteiger partial charge in [0.05, 0.1) is 13.2 Å². The predicted molar refractivity (Wildman–Crippen MR) is 111 cm³/mol. The Bertz CT molecular complexity index is 816. The first kappa shape index (κ1) is 24.1. The van der Waals surface area contributed by atoms with Crippen LogP contribution < -0.4 is 5.32 Å². The van der Waals surface area contributed by atoms with E-state index < -0.39 is 29.0 Å². The summed E-state index contributed by atoms with van der Waals surface area (Å²) in [5, 5.41) is 20.9. The van der Waals surface area contributed by atoms with Crippen molar-refractivity contribution < 1.29 is 19.1 Å². The molecule has 0 aromatic heterocycles. The molecule has 0 aliphatic carbocycles. The Balaban J connectivity index is 3.33. The zero-order chi connectivity index (χ0) is 22.0. The number of esters is 1. The number of hydrogen-bond donors (Lipinski definition) is 1. The molecule has 0 heterocycles. The van der Waals surface area contributed by atoms with Crippen molar-refractivity contribution in [2.24, 2.45) is 0 Å². The first-order valence-corrected chi connectivity index (χ1v) is 9.81. The van der Waals surface area contributed by atoms with Crippen LogP contribution in [-0.2, 0) is 20.7 Å². The number of rotatable bonds is 7. The third-order valence-corrected chi connectivity index (χ3v) is 4.89. The number of amides is 1. The minimum Gasteiger partial charge on any atom is -0.468 e. The van der Waals surface area contributed by atoms with Crippen molar-refractivity contribution in [2.45, 2.75) is 51.0 Å². The van der Waals surface area contributed by atoms with Crippen LogP contribution in [0.4, 0.5) is 4.79 Å². The number of carbonyl (C=O) groups is 2. The molecule has 0 unspecified atom stereocenters. The number of carbonyl (C=O) groups excluding carboxylic acids is 2. The largest absolute Gasteiger partial charge is 0.468 e. The number of hydrogen-bond acceptors (Lipinski definition) is 7. The molecule has 1 aromatic carbocycles. The Morgan fingerprint density at radius 2 is 1.76 bits per heavy atom. The summed E-state index contributed by atoms with van der Waals surface area (Å²) in [5.41, 5.74) is -0.0132. The Hall–Kier alpha value is -2.97. The van der Waals surface area contributed by atoms with Crippen LogP contribution in [0.5, 0.6) is 0 Å². The van der Waals surface area contributed by atoms with Crippen molar-refractivity contribution in [2.75, 3.05) is 7.11 Å². The second-order valence-electron chi connectivity index (χ2n) is 7.13. The van der Waals surface area contributed by atoms with Crippen LogP contribution in [0.2, 0.25) is 0 Å². The lowest BCUT2D eigenvalue weighted by Gasteiger charge is -2.26. The maximum absolute atomic E-state index is 12.4. The van der Waals surface area contributed by atoms with Crippen molar-refractivity contribution in [3.05, 3.63) is 46.4 Å². The molecule has 29 heavy (non-hydrogen) atoms. The number of allylic oxidation sites excluding steroid dienone is 1. The van der Waals surface area contributed by atoms with E-state index in [-0.39, 0.29) is 10.5 Å². The fraction of sp³-hybridized carbons (Fsp3) is 0.429. The van der Waals surface area contributed by atoms with Gasteiger partial charge in [-0.1, -0.05) is 30.3 Å². The number of methoxy groups -OCH3 is 1. The molecule has 7 nitrogen and oxygen atoms in total. The molecule has 0 radical (unpaired) electrons. The summed E-state index contributed by atoms with van der Waals surface area (Å²) in [7, 11) is 1.26. The highest BCUT2D eigenvalue weighted by Crippen LogP contribution is 2.30. The number of alkyl carbamates (subject to hydrolysis) is 1. The van der Waals surface area contributed by atoms with E-state index in [0.717, 1.165) is 17.3 Å². The Morgan fingerprint density at radius 3 is 2.24 bits per heavy atom. The van der Waals surface area contributed by atoms with Crippen molar-refractivity contribution >= 4 is 23.8 Å². The second kappa shape index (κ2) is 11.1. The number of nitrogens with zero attached hydrogens (tertiary/aromatic N) is 2. The summed E-state index contributed by atoms with van der Waals surface area (Å²) in [6, 6.07) is 12.3. The van der Waals surface area contributed by atoms with Gasteiger partial charge in [0.25, 0.3) is 0 Å². The van der Waals surface area contributed by atoms with Crippen LogP contribution >= 0.6 is 11.8 Å². The topological polar surface area (TPSA) is 112 Å². The highest BCUT2D eigenvalue weighted by molar-refractivity contribution is 8.04. The van der Waals surface area contributed by atoms with E-state index in [0.29, 0.717) is 6.42 Å². The van der Waals surface area contributed by atoms with Crippen molar-refractivity contribution in [1.82, 2.24) is 5.32 Å². The van der Waals surface area contributed by atoms with E-state index in [1.54, 1.807) is 27.7 Å². The lowest BCUT2D eigenvalue weighted by Crippen LogP contribution is -2.41. The molecule has 0 saturated heterocycles. The monoisotopic (exact) mass is 415 g/mol. The summed E-state index contributed by atoms with van der Waals surface area (Å²) >= 11 is 1.01. The molecule has 0 spiro atoms. The molecule has 0 aliphatic heterocycles. The normalized spacial score (nSPS) is 12.5. The Morgan fingerprint density at radius 1 is 1.17 bits per heavy atom. The van der Waals surface area contributed by atoms with Crippen LogP contribution in [0, 0.1) is 22.7 Å². The average Bonchev–Trinajstić information content (AvgIpc) is 2.66. The van der Waals surface area contributed by atoms with E-state index in [4.69, 9.17) is 9.47 Å². The van der Waals surface area contributed by atoms with Crippen molar-refractivity contribution in [3.63, 3.8) is 0 Å². The van der Waals surface area contributed by atoms with Crippen molar-refractivity contribution in [3.8, 4) is 12.1 Å². The zero-order valence-corrected chi connectivity index (χ0v) is 18.0. The summed E-state index contributed by atoms with van der Waals surface area (Å²) in [5.74, 6) is -0.501. The molecular formula is C21H25N3O4S. The molecule has 0 saturated carbocycles. The maximum atomic E-state index is 12.4. The number of thioether (sulfide) groups is 1. The van der Waals surface area contributed by atoms with Crippen LogP contribution in [-0.4, -0.2) is 36.1 Å². The molecule has 1 amide bonds. The fourth-order valence-electron chi connectivity index (χ4n) is 2.36. The number of nitrogens with one attached hydrogen (secondary N) is 1. The molecular weight excluding hydrogens is 390 g/mol. The van der Waals surface area contributed by atoms with Gasteiger partial charge in [-0.25, -0.2) is 4.79 Å². The standard InChI is InChI=1S/C21H25N3O4S/c1-14(19(25)27-5)29-18(16(12-22)13-23)17(11-15-9-7-6-8-10-15)24-20(26)28-21(2,3)4/h6-10,14,17H,11H2,1-5H3,(H,24,26)/t14-,17-/m0/s1. The third-order valence-electron chi connectivity index (χ3n) is 3.60. The van der Waals surface area contributed by atoms with Gasteiger partial charge in [0, 0.05) is 4.91 Å². The van der Waals surface area contributed by atoms with Crippen molar-refractivity contribution in [1.29, 1.82) is 10.5 Å². The van der Waals surface area contributed by atoms with Crippen LogP contribution in [0.25, 0.3) is 0 Å². The smallest absolute Gasteiger partial charge is 0.408 e. The SMILES string of the molecule is COC(=O)[C@H](C)SC(=C(C#N)C#N)[C@H](Cc1ccccc1)NC(=O)OC(C)(C)C. The molecule has 0 aliphatic rings. The van der Waals surface area contributed by atoms with Crippen LogP contribution in [0.1, 0.15) is 33.3 Å². The summed E-state index contributed by atoms with van der Waals surface area (Å²) in [6.45, 7) is 6.81. The summed E-state index contributed by atoms with van der Waals surface area (Å²) in [6.07, 6.45) is -0.374. The highest BCUT2D eigenvalue weighted by Gasteiger charge is 2.28. The van der Waals surface area contributed by atoms with Crippen LogP contribution in [0.3, 0.4) is 0 Å². The molecule has 1 rings (SSSR count). The van der Waals surface area contributed by atoms with E-state index in [9.17, 15) is 20.1 Å². The van der Waals surface area contributed by atoms with Gasteiger partial charge < -0.3 is 14.8 Å². The lowest BCUT2D eigenvalue weighted by atomic mass is 10.0. The number of ether oxygens (including phenoxy) is 2. The first-order valence-electron chi connectivity index (χ1n) is 8.93. The third kappa shape index (κ3) is 8.28. The van der Waals surface area contributed by atoms with E-state index in [2.05, 4.69) is 5.32 Å². The van der Waals surface area contributed by atoms with Gasteiger partial charge in [0.2, 0.25) is 0 Å². The van der Waals surface area contributed by atoms with E-state index >= 15 is 0 Å². The van der Waals surface area contributed by atoms with Gasteiger partial charge in [0.15, 0.2) is 0 Å². The van der Waals surface area contributed by atoms with Gasteiger partial charge >= 0.3 is 12.1 Å². The van der Waals surface area contributed by atoms with E-state index in [1.165, 1.54) is 7.11 Å². The minimum atomic E-state index is -0.737. The fourth-order valence-corrected chi connectivity index (χ4v) is 3.45. The highest BCUT2D eigenvalue weighted by atomic mass is 32.2. The summed E-state index contributed by atoms with van der Waals surface area (Å²) in [4.78, 5) is 24.6. The maximum Gasteiger partial charge on any atom is 0.408 e. The molecule has 8 heteroatoms. The quantitative estimate of drug-likeness (QED) is 0.533. The summed E-state index contributed by atoms with van der Waals surface area (Å²) < 4.78 is 10.1.